The molecule has 4 N–H and O–H groups in total. The summed E-state index contributed by atoms with van der Waals surface area (Å²) in [6, 6.07) is 7.46. The second-order valence-corrected chi connectivity index (χ2v) is 8.73. The van der Waals surface area contributed by atoms with Crippen molar-refractivity contribution in [1.82, 2.24) is 14.9 Å². The number of nitrogens with one attached hydrogen (secondary N) is 2. The smallest absolute Gasteiger partial charge is 0.265 e. The largest absolute Gasteiger partial charge is 0.390 e. The number of hydrogen-bond acceptors (Lipinski definition) is 7. The maximum Gasteiger partial charge on any atom is 0.265 e. The van der Waals surface area contributed by atoms with Gasteiger partial charge in [-0.05, 0) is 31.2 Å². The fourth-order valence-corrected chi connectivity index (χ4v) is 5.09. The fourth-order valence-electron chi connectivity index (χ4n) is 3.00. The molecule has 1 amide bonds. The Morgan fingerprint density at radius 3 is 3.04 bits per heavy atom. The topological polar surface area (TPSA) is 96.3 Å². The molecule has 0 spiro atoms. The van der Waals surface area contributed by atoms with Crippen LogP contribution in [0.5, 0.6) is 0 Å². The molecule has 1 aliphatic rings. The number of H-pyrrole nitrogens is 1. The van der Waals surface area contributed by atoms with Crippen LogP contribution in [0.3, 0.4) is 0 Å². The molecule has 3 heterocycles. The first-order valence-electron chi connectivity index (χ1n) is 8.72. The predicted molar refractivity (Wildman–Crippen MR) is 110 cm³/mol. The lowest BCUT2D eigenvalue weighted by Crippen LogP contribution is -2.40. The summed E-state index contributed by atoms with van der Waals surface area (Å²) in [7, 11) is 0. The summed E-state index contributed by atoms with van der Waals surface area (Å²) in [5, 5.41) is 3.89. The molecule has 1 aliphatic heterocycles. The minimum absolute atomic E-state index is 0.156. The van der Waals surface area contributed by atoms with Gasteiger partial charge >= 0.3 is 0 Å². The lowest BCUT2D eigenvalue weighted by Gasteiger charge is -2.31. The van der Waals surface area contributed by atoms with Crippen LogP contribution in [0, 0.1) is 0 Å². The van der Waals surface area contributed by atoms with E-state index in [1.807, 2.05) is 24.3 Å². The van der Waals surface area contributed by atoms with Crippen LogP contribution in [-0.4, -0.2) is 52.5 Å². The second kappa shape index (κ2) is 7.89. The van der Waals surface area contributed by atoms with Crippen LogP contribution in [0.15, 0.2) is 35.5 Å². The van der Waals surface area contributed by atoms with E-state index in [1.165, 1.54) is 11.3 Å². The van der Waals surface area contributed by atoms with Gasteiger partial charge in [-0.25, -0.2) is 4.98 Å². The number of nitrogens with zero attached hydrogens (tertiary/aromatic N) is 2. The number of aromatic nitrogens is 2. The Morgan fingerprint density at radius 1 is 1.41 bits per heavy atom. The number of ether oxygens (including phenoxy) is 1. The molecule has 0 aliphatic carbocycles. The van der Waals surface area contributed by atoms with Crippen molar-refractivity contribution in [3.63, 3.8) is 0 Å². The van der Waals surface area contributed by atoms with E-state index in [1.54, 1.807) is 18.1 Å². The number of nitrogen functional groups attached to an aromatic ring is 1. The molecule has 0 bridgehead atoms. The monoisotopic (exact) mass is 403 g/mol. The van der Waals surface area contributed by atoms with Crippen molar-refractivity contribution in [3.8, 4) is 0 Å². The molecule has 0 radical (unpaired) electrons. The zero-order valence-electron chi connectivity index (χ0n) is 14.9. The average Bonchev–Trinajstić information content (AvgIpc) is 3.29. The lowest BCUT2D eigenvalue weighted by molar-refractivity contribution is 0.0351. The number of morpholine rings is 1. The molecule has 1 atom stereocenters. The molecule has 1 aromatic carbocycles. The van der Waals surface area contributed by atoms with E-state index in [0.29, 0.717) is 9.88 Å². The SMILES string of the molecule is CC(Sc1cc(C(=O)Nc2ccc3nc[nH]c3c2)sc1N)N1CCOCC1. The van der Waals surface area contributed by atoms with E-state index >= 15 is 0 Å². The normalized spacial score (nSPS) is 16.5. The number of thioether (sulfide) groups is 1. The highest BCUT2D eigenvalue weighted by atomic mass is 32.2. The summed E-state index contributed by atoms with van der Waals surface area (Å²) < 4.78 is 5.40. The van der Waals surface area contributed by atoms with Crippen LogP contribution in [0.25, 0.3) is 11.0 Å². The number of hydrogen-bond donors (Lipinski definition) is 3. The van der Waals surface area contributed by atoms with E-state index in [2.05, 4.69) is 27.1 Å². The molecular weight excluding hydrogens is 382 g/mol. The van der Waals surface area contributed by atoms with Gasteiger partial charge in [0.05, 0.1) is 40.8 Å². The Hall–Kier alpha value is -2.07. The maximum absolute atomic E-state index is 12.6. The zero-order chi connectivity index (χ0) is 18.8. The number of amides is 1. The van der Waals surface area contributed by atoms with Crippen molar-refractivity contribution in [2.75, 3.05) is 37.4 Å². The van der Waals surface area contributed by atoms with Crippen molar-refractivity contribution >= 4 is 50.7 Å². The molecule has 142 valence electrons. The minimum Gasteiger partial charge on any atom is -0.390 e. The maximum atomic E-state index is 12.6. The molecular formula is C18H21N5O2S2. The standard InChI is InChI=1S/C18H21N5O2S2/c1-11(23-4-6-25-7-5-23)26-15-9-16(27-17(15)19)18(24)22-12-2-3-13-14(8-12)21-10-20-13/h2-3,8-11H,4-7,19H2,1H3,(H,20,21)(H,22,24). The van der Waals surface area contributed by atoms with Gasteiger partial charge in [0.1, 0.15) is 5.00 Å². The summed E-state index contributed by atoms with van der Waals surface area (Å²) in [4.78, 5) is 23.8. The van der Waals surface area contributed by atoms with Crippen LogP contribution in [0.1, 0.15) is 16.6 Å². The van der Waals surface area contributed by atoms with Crippen molar-refractivity contribution in [1.29, 1.82) is 0 Å². The summed E-state index contributed by atoms with van der Waals surface area (Å²) in [5.74, 6) is -0.156. The molecule has 0 saturated carbocycles. The van der Waals surface area contributed by atoms with Gasteiger partial charge in [-0.15, -0.1) is 23.1 Å². The molecule has 2 aromatic heterocycles. The molecule has 1 fully saturated rings. The Bertz CT molecular complexity index is 948. The van der Waals surface area contributed by atoms with E-state index in [9.17, 15) is 4.79 Å². The highest BCUT2D eigenvalue weighted by Crippen LogP contribution is 2.37. The number of nitrogens with two attached hydrogens (primary N) is 1. The second-order valence-electron chi connectivity index (χ2n) is 6.29. The zero-order valence-corrected chi connectivity index (χ0v) is 16.5. The third kappa shape index (κ3) is 4.11. The van der Waals surface area contributed by atoms with E-state index in [0.717, 1.165) is 47.9 Å². The first kappa shape index (κ1) is 18.3. The Labute approximate surface area is 165 Å². The fraction of sp³-hybridized carbons (Fsp3) is 0.333. The highest BCUT2D eigenvalue weighted by Gasteiger charge is 2.21. The van der Waals surface area contributed by atoms with Crippen LogP contribution in [0.2, 0.25) is 0 Å². The number of benzene rings is 1. The van der Waals surface area contributed by atoms with Crippen molar-refractivity contribution in [2.45, 2.75) is 17.2 Å². The van der Waals surface area contributed by atoms with Crippen molar-refractivity contribution in [3.05, 3.63) is 35.5 Å². The summed E-state index contributed by atoms with van der Waals surface area (Å²) >= 11 is 3.00. The van der Waals surface area contributed by atoms with Gasteiger partial charge in [0.2, 0.25) is 0 Å². The number of rotatable bonds is 5. The van der Waals surface area contributed by atoms with Crippen LogP contribution < -0.4 is 11.1 Å². The number of imidazole rings is 1. The van der Waals surface area contributed by atoms with E-state index < -0.39 is 0 Å². The summed E-state index contributed by atoms with van der Waals surface area (Å²) in [6.45, 7) is 5.52. The van der Waals surface area contributed by atoms with Crippen LogP contribution >= 0.6 is 23.1 Å². The van der Waals surface area contributed by atoms with Crippen molar-refractivity contribution < 1.29 is 9.53 Å². The van der Waals surface area contributed by atoms with Gasteiger partial charge in [-0.1, -0.05) is 0 Å². The van der Waals surface area contributed by atoms with Crippen LogP contribution in [-0.2, 0) is 4.74 Å². The summed E-state index contributed by atoms with van der Waals surface area (Å²) in [5.41, 5.74) is 8.64. The van der Waals surface area contributed by atoms with Crippen molar-refractivity contribution in [2.24, 2.45) is 0 Å². The number of carbonyl (C=O) groups is 1. The lowest BCUT2D eigenvalue weighted by atomic mass is 10.2. The number of fused-ring (bicyclic) bond motifs is 1. The predicted octanol–water partition coefficient (Wildman–Crippen LogP) is 3.23. The molecule has 7 nitrogen and oxygen atoms in total. The summed E-state index contributed by atoms with van der Waals surface area (Å²) in [6.07, 6.45) is 1.63. The van der Waals surface area contributed by atoms with Gasteiger partial charge in [0.15, 0.2) is 0 Å². The third-order valence-electron chi connectivity index (χ3n) is 4.48. The van der Waals surface area contributed by atoms with E-state index in [-0.39, 0.29) is 11.3 Å². The van der Waals surface area contributed by atoms with E-state index in [4.69, 9.17) is 10.5 Å². The number of aromatic amines is 1. The first-order valence-corrected chi connectivity index (χ1v) is 10.4. The first-order chi connectivity index (χ1) is 13.1. The van der Waals surface area contributed by atoms with Gasteiger partial charge in [-0.3, -0.25) is 9.69 Å². The Morgan fingerprint density at radius 2 is 2.22 bits per heavy atom. The number of anilines is 2. The van der Waals surface area contributed by atoms with Gasteiger partial charge < -0.3 is 20.8 Å². The quantitative estimate of drug-likeness (QED) is 0.566. The van der Waals surface area contributed by atoms with Gasteiger partial charge in [-0.2, -0.15) is 0 Å². The molecule has 4 rings (SSSR count). The molecule has 3 aromatic rings. The highest BCUT2D eigenvalue weighted by molar-refractivity contribution is 8.00. The Kier molecular flexibility index (Phi) is 5.35. The third-order valence-corrected chi connectivity index (χ3v) is 6.81. The van der Waals surface area contributed by atoms with Gasteiger partial charge in [0.25, 0.3) is 5.91 Å². The molecule has 1 saturated heterocycles. The van der Waals surface area contributed by atoms with Crippen LogP contribution in [0.4, 0.5) is 10.7 Å². The molecule has 9 heteroatoms. The molecule has 27 heavy (non-hydrogen) atoms. The molecule has 1 unspecified atom stereocenters. The van der Waals surface area contributed by atoms with Gasteiger partial charge in [0, 0.05) is 23.7 Å². The Balaban J connectivity index is 1.44. The average molecular weight is 404 g/mol. The number of carbonyl (C=O) groups excluding carboxylic acids is 1. The number of thiophene rings is 1. The minimum atomic E-state index is -0.156.